The largest absolute Gasteiger partial charge is 0.310 e. The first kappa shape index (κ1) is 28.3. The Morgan fingerprint density at radius 1 is 0.354 bits per heavy atom. The van der Waals surface area contributed by atoms with Gasteiger partial charge in [0.1, 0.15) is 0 Å². The summed E-state index contributed by atoms with van der Waals surface area (Å²) in [7, 11) is 0. The van der Waals surface area contributed by atoms with Crippen molar-refractivity contribution in [3.05, 3.63) is 188 Å². The standard InChI is InChI=1S/C46H31NS/c1-2-18-38(19-3-1)47(44-25-8-6-21-40(44)37-28-27-32-13-4-5-14-33(32)29-37)39-20-11-16-35(31-39)34-15-10-17-36(30-34)41-23-12-24-43-42-22-7-9-26-45(42)48-46(41)43/h1-31H. The Kier molecular flexibility index (Phi) is 7.07. The normalized spacial score (nSPS) is 11.3. The van der Waals surface area contributed by atoms with E-state index < -0.39 is 0 Å². The lowest BCUT2D eigenvalue weighted by Gasteiger charge is -2.28. The van der Waals surface area contributed by atoms with Gasteiger partial charge in [0.2, 0.25) is 0 Å². The fourth-order valence-corrected chi connectivity index (χ4v) is 8.18. The van der Waals surface area contributed by atoms with Crippen molar-refractivity contribution in [2.45, 2.75) is 0 Å². The van der Waals surface area contributed by atoms with E-state index in [0.29, 0.717) is 0 Å². The molecule has 0 aliphatic rings. The van der Waals surface area contributed by atoms with Gasteiger partial charge in [-0.15, -0.1) is 11.3 Å². The number of thiophene rings is 1. The van der Waals surface area contributed by atoms with Crippen molar-refractivity contribution < 1.29 is 0 Å². The number of fused-ring (bicyclic) bond motifs is 4. The maximum atomic E-state index is 2.38. The molecule has 0 radical (unpaired) electrons. The number of hydrogen-bond donors (Lipinski definition) is 0. The Hall–Kier alpha value is -5.96. The number of nitrogens with zero attached hydrogens (tertiary/aromatic N) is 1. The molecule has 0 aliphatic heterocycles. The van der Waals surface area contributed by atoms with E-state index in [1.54, 1.807) is 0 Å². The molecule has 0 saturated heterocycles. The van der Waals surface area contributed by atoms with E-state index in [9.17, 15) is 0 Å². The van der Waals surface area contributed by atoms with Crippen molar-refractivity contribution in [3.63, 3.8) is 0 Å². The van der Waals surface area contributed by atoms with Gasteiger partial charge >= 0.3 is 0 Å². The Morgan fingerprint density at radius 2 is 0.979 bits per heavy atom. The van der Waals surface area contributed by atoms with Crippen LogP contribution in [0.5, 0.6) is 0 Å². The van der Waals surface area contributed by atoms with E-state index in [1.165, 1.54) is 64.3 Å². The highest BCUT2D eigenvalue weighted by Crippen LogP contribution is 2.43. The van der Waals surface area contributed by atoms with Crippen LogP contribution < -0.4 is 4.90 Å². The van der Waals surface area contributed by atoms with Crippen LogP contribution in [-0.4, -0.2) is 0 Å². The van der Waals surface area contributed by atoms with Gasteiger partial charge in [0.25, 0.3) is 0 Å². The molecule has 226 valence electrons. The Bertz CT molecular complexity index is 2580. The molecule has 0 spiro atoms. The fourth-order valence-electron chi connectivity index (χ4n) is 6.94. The summed E-state index contributed by atoms with van der Waals surface area (Å²) in [6.45, 7) is 0. The van der Waals surface area contributed by atoms with Crippen LogP contribution in [0.15, 0.2) is 188 Å². The minimum Gasteiger partial charge on any atom is -0.310 e. The lowest BCUT2D eigenvalue weighted by Crippen LogP contribution is -2.11. The SMILES string of the molecule is c1ccc(N(c2cccc(-c3cccc(-c4cccc5c4sc4ccccc45)c3)c2)c2ccccc2-c2ccc3ccccc3c2)cc1. The summed E-state index contributed by atoms with van der Waals surface area (Å²) in [6, 6.07) is 68.1. The molecule has 0 unspecified atom stereocenters. The molecule has 0 bridgehead atoms. The maximum Gasteiger partial charge on any atom is 0.0540 e. The molecule has 0 fully saturated rings. The molecular weight excluding hydrogens is 599 g/mol. The van der Waals surface area contributed by atoms with Crippen molar-refractivity contribution in [1.82, 2.24) is 0 Å². The molecule has 8 aromatic carbocycles. The van der Waals surface area contributed by atoms with Gasteiger partial charge < -0.3 is 4.90 Å². The highest BCUT2D eigenvalue weighted by Gasteiger charge is 2.18. The zero-order valence-electron chi connectivity index (χ0n) is 26.3. The summed E-state index contributed by atoms with van der Waals surface area (Å²) >= 11 is 1.88. The quantitative estimate of drug-likeness (QED) is 0.177. The van der Waals surface area contributed by atoms with Gasteiger partial charge in [-0.3, -0.25) is 0 Å². The van der Waals surface area contributed by atoms with E-state index in [2.05, 4.69) is 193 Å². The van der Waals surface area contributed by atoms with Gasteiger partial charge in [0.15, 0.2) is 0 Å². The third-order valence-electron chi connectivity index (χ3n) is 9.24. The van der Waals surface area contributed by atoms with E-state index in [0.717, 1.165) is 17.1 Å². The van der Waals surface area contributed by atoms with E-state index in [-0.39, 0.29) is 0 Å². The number of para-hydroxylation sites is 2. The molecular formula is C46H31NS. The second kappa shape index (κ2) is 12.0. The number of anilines is 3. The zero-order valence-corrected chi connectivity index (χ0v) is 27.1. The molecule has 2 heteroatoms. The molecule has 1 heterocycles. The number of rotatable bonds is 6. The fraction of sp³-hybridized carbons (Fsp3) is 0. The average molecular weight is 630 g/mol. The Balaban J connectivity index is 1.16. The highest BCUT2D eigenvalue weighted by atomic mass is 32.1. The van der Waals surface area contributed by atoms with Gasteiger partial charge in [0.05, 0.1) is 5.69 Å². The summed E-state index contributed by atoms with van der Waals surface area (Å²) in [6.07, 6.45) is 0. The molecule has 1 aromatic heterocycles. The Morgan fingerprint density at radius 3 is 1.90 bits per heavy atom. The van der Waals surface area contributed by atoms with Gasteiger partial charge in [0, 0.05) is 37.1 Å². The number of hydrogen-bond acceptors (Lipinski definition) is 2. The second-order valence-electron chi connectivity index (χ2n) is 12.2. The predicted molar refractivity (Wildman–Crippen MR) is 208 cm³/mol. The number of benzene rings is 8. The van der Waals surface area contributed by atoms with Crippen LogP contribution in [0.2, 0.25) is 0 Å². The molecule has 1 nitrogen and oxygen atoms in total. The third kappa shape index (κ3) is 5.04. The molecule has 0 saturated carbocycles. The van der Waals surface area contributed by atoms with Crippen molar-refractivity contribution >= 4 is 59.3 Å². The summed E-state index contributed by atoms with van der Waals surface area (Å²) in [5.74, 6) is 0. The molecule has 9 rings (SSSR count). The van der Waals surface area contributed by atoms with Crippen LogP contribution in [0.25, 0.3) is 64.3 Å². The smallest absolute Gasteiger partial charge is 0.0540 e. The molecule has 0 N–H and O–H groups in total. The van der Waals surface area contributed by atoms with Crippen LogP contribution in [-0.2, 0) is 0 Å². The third-order valence-corrected chi connectivity index (χ3v) is 10.5. The van der Waals surface area contributed by atoms with Gasteiger partial charge in [-0.25, -0.2) is 0 Å². The van der Waals surface area contributed by atoms with Crippen LogP contribution in [0, 0.1) is 0 Å². The molecule has 0 amide bonds. The topological polar surface area (TPSA) is 3.24 Å². The minimum atomic E-state index is 1.11. The molecule has 9 aromatic rings. The molecule has 0 atom stereocenters. The van der Waals surface area contributed by atoms with Gasteiger partial charge in [-0.1, -0.05) is 140 Å². The molecule has 0 aliphatic carbocycles. The summed E-state index contributed by atoms with van der Waals surface area (Å²) in [5, 5.41) is 5.14. The maximum absolute atomic E-state index is 2.38. The Labute approximate surface area is 284 Å². The summed E-state index contributed by atoms with van der Waals surface area (Å²) in [5.41, 5.74) is 10.7. The van der Waals surface area contributed by atoms with Gasteiger partial charge in [-0.2, -0.15) is 0 Å². The lowest BCUT2D eigenvalue weighted by molar-refractivity contribution is 1.28. The predicted octanol–water partition coefficient (Wildman–Crippen LogP) is 13.7. The highest BCUT2D eigenvalue weighted by molar-refractivity contribution is 7.26. The second-order valence-corrected chi connectivity index (χ2v) is 13.2. The van der Waals surface area contributed by atoms with E-state index >= 15 is 0 Å². The van der Waals surface area contributed by atoms with Crippen LogP contribution in [0.4, 0.5) is 17.1 Å². The van der Waals surface area contributed by atoms with Gasteiger partial charge in [-0.05, 0) is 87.1 Å². The first-order chi connectivity index (χ1) is 23.8. The first-order valence-corrected chi connectivity index (χ1v) is 17.2. The zero-order chi connectivity index (χ0) is 31.9. The van der Waals surface area contributed by atoms with Crippen molar-refractivity contribution in [1.29, 1.82) is 0 Å². The average Bonchev–Trinajstić information content (AvgIpc) is 3.55. The first-order valence-electron chi connectivity index (χ1n) is 16.3. The lowest BCUT2D eigenvalue weighted by atomic mass is 9.97. The summed E-state index contributed by atoms with van der Waals surface area (Å²) < 4.78 is 2.67. The van der Waals surface area contributed by atoms with Crippen LogP contribution in [0.1, 0.15) is 0 Å². The van der Waals surface area contributed by atoms with E-state index in [1.807, 2.05) is 11.3 Å². The van der Waals surface area contributed by atoms with Crippen molar-refractivity contribution in [2.24, 2.45) is 0 Å². The van der Waals surface area contributed by atoms with Crippen molar-refractivity contribution in [3.8, 4) is 33.4 Å². The van der Waals surface area contributed by atoms with Crippen molar-refractivity contribution in [2.75, 3.05) is 4.90 Å². The monoisotopic (exact) mass is 629 g/mol. The summed E-state index contributed by atoms with van der Waals surface area (Å²) in [4.78, 5) is 2.38. The minimum absolute atomic E-state index is 1.11. The molecule has 48 heavy (non-hydrogen) atoms. The van der Waals surface area contributed by atoms with Crippen LogP contribution >= 0.6 is 11.3 Å². The van der Waals surface area contributed by atoms with E-state index in [4.69, 9.17) is 0 Å². The van der Waals surface area contributed by atoms with Crippen LogP contribution in [0.3, 0.4) is 0 Å².